The molecule has 0 aliphatic heterocycles. The van der Waals surface area contributed by atoms with Crippen LogP contribution in [-0.2, 0) is 4.74 Å². The number of hydrogen-bond acceptors (Lipinski definition) is 4. The zero-order chi connectivity index (χ0) is 10.6. The normalized spacial score (nSPS) is 12.4. The Kier molecular flexibility index (Phi) is 3.55. The van der Waals surface area contributed by atoms with Crippen LogP contribution in [0.5, 0.6) is 0 Å². The van der Waals surface area contributed by atoms with Crippen LogP contribution in [0.25, 0.3) is 0 Å². The van der Waals surface area contributed by atoms with E-state index in [-0.39, 0.29) is 12.3 Å². The highest BCUT2D eigenvalue weighted by Gasteiger charge is 2.16. The van der Waals surface area contributed by atoms with E-state index in [0.717, 1.165) is 0 Å². The molecule has 0 amide bonds. The minimum atomic E-state index is -1.08. The number of carboxylic acid groups (broad SMARTS) is 1. The Labute approximate surface area is 81.5 Å². The van der Waals surface area contributed by atoms with Gasteiger partial charge in [0.05, 0.1) is 12.6 Å². The summed E-state index contributed by atoms with van der Waals surface area (Å²) < 4.78 is 4.85. The lowest BCUT2D eigenvalue weighted by atomic mass is 10.1. The molecule has 0 saturated carbocycles. The molecule has 1 atom stereocenters. The van der Waals surface area contributed by atoms with Gasteiger partial charge in [-0.25, -0.2) is 9.78 Å². The first-order valence-electron chi connectivity index (χ1n) is 4.09. The highest BCUT2D eigenvalue weighted by atomic mass is 16.5. The van der Waals surface area contributed by atoms with Crippen LogP contribution >= 0.6 is 0 Å². The zero-order valence-corrected chi connectivity index (χ0v) is 7.80. The molecule has 1 heterocycles. The third-order valence-corrected chi connectivity index (χ3v) is 1.79. The highest BCUT2D eigenvalue weighted by Crippen LogP contribution is 2.13. The number of rotatable bonds is 4. The number of methoxy groups -OCH3 is 1. The number of aromatic nitrogens is 1. The lowest BCUT2D eigenvalue weighted by Crippen LogP contribution is -2.20. The number of carboxylic acids is 1. The van der Waals surface area contributed by atoms with Crippen molar-refractivity contribution in [3.8, 4) is 0 Å². The molecule has 5 nitrogen and oxygen atoms in total. The number of carbonyl (C=O) groups is 1. The molecular formula is C9H12N2O3. The van der Waals surface area contributed by atoms with Crippen molar-refractivity contribution in [2.45, 2.75) is 6.04 Å². The topological polar surface area (TPSA) is 85.4 Å². The van der Waals surface area contributed by atoms with Crippen LogP contribution in [0.2, 0.25) is 0 Å². The molecule has 0 radical (unpaired) electrons. The Morgan fingerprint density at radius 1 is 1.79 bits per heavy atom. The molecule has 0 aromatic carbocycles. The van der Waals surface area contributed by atoms with Crippen molar-refractivity contribution in [2.75, 3.05) is 13.7 Å². The number of hydrogen-bond donors (Lipinski definition) is 2. The van der Waals surface area contributed by atoms with Crippen LogP contribution in [0.15, 0.2) is 18.3 Å². The van der Waals surface area contributed by atoms with E-state index in [0.29, 0.717) is 5.56 Å². The van der Waals surface area contributed by atoms with Crippen LogP contribution in [0, 0.1) is 0 Å². The summed E-state index contributed by atoms with van der Waals surface area (Å²) in [6, 6.07) is 2.83. The fourth-order valence-corrected chi connectivity index (χ4v) is 1.16. The second kappa shape index (κ2) is 4.69. The first kappa shape index (κ1) is 10.6. The van der Waals surface area contributed by atoms with Crippen LogP contribution in [-0.4, -0.2) is 29.8 Å². The van der Waals surface area contributed by atoms with Crippen molar-refractivity contribution in [1.82, 2.24) is 4.98 Å². The van der Waals surface area contributed by atoms with Crippen molar-refractivity contribution in [3.05, 3.63) is 29.6 Å². The molecule has 0 saturated heterocycles. The van der Waals surface area contributed by atoms with Gasteiger partial charge < -0.3 is 15.6 Å². The summed E-state index contributed by atoms with van der Waals surface area (Å²) in [5, 5.41) is 8.82. The monoisotopic (exact) mass is 196 g/mol. The van der Waals surface area contributed by atoms with Gasteiger partial charge in [0.1, 0.15) is 0 Å². The standard InChI is InChI=1S/C9H12N2O3/c1-14-5-7(10)6-3-2-4-11-8(6)9(12)13/h2-4,7H,5,10H2,1H3,(H,12,13). The quantitative estimate of drug-likeness (QED) is 0.729. The number of nitrogens with two attached hydrogens (primary N) is 1. The Hall–Kier alpha value is -1.46. The molecule has 76 valence electrons. The van der Waals surface area contributed by atoms with Crippen molar-refractivity contribution in [2.24, 2.45) is 5.73 Å². The van der Waals surface area contributed by atoms with Crippen molar-refractivity contribution in [1.29, 1.82) is 0 Å². The van der Waals surface area contributed by atoms with Gasteiger partial charge in [-0.2, -0.15) is 0 Å². The maximum absolute atomic E-state index is 10.8. The van der Waals surface area contributed by atoms with Gasteiger partial charge in [-0.15, -0.1) is 0 Å². The maximum atomic E-state index is 10.8. The van der Waals surface area contributed by atoms with Crippen LogP contribution in [0.3, 0.4) is 0 Å². The molecule has 3 N–H and O–H groups in total. The van der Waals surface area contributed by atoms with Gasteiger partial charge in [0.15, 0.2) is 5.69 Å². The van der Waals surface area contributed by atoms with Crippen LogP contribution in [0.4, 0.5) is 0 Å². The molecule has 1 aromatic rings. The van der Waals surface area contributed by atoms with Gasteiger partial charge in [-0.3, -0.25) is 0 Å². The third kappa shape index (κ3) is 2.27. The summed E-state index contributed by atoms with van der Waals surface area (Å²) in [5.41, 5.74) is 6.19. The van der Waals surface area contributed by atoms with Crippen molar-refractivity contribution >= 4 is 5.97 Å². The van der Waals surface area contributed by atoms with Gasteiger partial charge in [0.25, 0.3) is 0 Å². The molecule has 0 spiro atoms. The van der Waals surface area contributed by atoms with Gasteiger partial charge >= 0.3 is 5.97 Å². The molecule has 1 unspecified atom stereocenters. The predicted molar refractivity (Wildman–Crippen MR) is 50.0 cm³/mol. The second-order valence-corrected chi connectivity index (χ2v) is 2.81. The largest absolute Gasteiger partial charge is 0.477 e. The smallest absolute Gasteiger partial charge is 0.354 e. The van der Waals surface area contributed by atoms with E-state index in [4.69, 9.17) is 15.6 Å². The average Bonchev–Trinajstić information content (AvgIpc) is 2.18. The average molecular weight is 196 g/mol. The van der Waals surface area contributed by atoms with Gasteiger partial charge in [-0.1, -0.05) is 6.07 Å². The third-order valence-electron chi connectivity index (χ3n) is 1.79. The summed E-state index contributed by atoms with van der Waals surface area (Å²) in [6.07, 6.45) is 1.42. The Balaban J connectivity index is 3.00. The molecule has 1 rings (SSSR count). The number of ether oxygens (including phenoxy) is 1. The van der Waals surface area contributed by atoms with E-state index in [1.165, 1.54) is 13.3 Å². The molecule has 5 heteroatoms. The van der Waals surface area contributed by atoms with E-state index in [1.54, 1.807) is 12.1 Å². The Morgan fingerprint density at radius 2 is 2.50 bits per heavy atom. The predicted octanol–water partition coefficient (Wildman–Crippen LogP) is 0.426. The molecule has 1 aromatic heterocycles. The Bertz CT molecular complexity index is 328. The molecule has 14 heavy (non-hydrogen) atoms. The minimum absolute atomic E-state index is 0.0166. The SMILES string of the molecule is COCC(N)c1cccnc1C(=O)O. The van der Waals surface area contributed by atoms with E-state index >= 15 is 0 Å². The van der Waals surface area contributed by atoms with Crippen molar-refractivity contribution in [3.63, 3.8) is 0 Å². The zero-order valence-electron chi connectivity index (χ0n) is 7.80. The van der Waals surface area contributed by atoms with Crippen LogP contribution in [0.1, 0.15) is 22.1 Å². The highest BCUT2D eigenvalue weighted by molar-refractivity contribution is 5.87. The fraction of sp³-hybridized carbons (Fsp3) is 0.333. The summed E-state index contributed by atoms with van der Waals surface area (Å²) in [7, 11) is 1.51. The number of nitrogens with zero attached hydrogens (tertiary/aromatic N) is 1. The first-order chi connectivity index (χ1) is 6.66. The fourth-order valence-electron chi connectivity index (χ4n) is 1.16. The van der Waals surface area contributed by atoms with Crippen LogP contribution < -0.4 is 5.73 Å². The number of aromatic carboxylic acids is 1. The van der Waals surface area contributed by atoms with E-state index < -0.39 is 12.0 Å². The van der Waals surface area contributed by atoms with Gasteiger partial charge in [-0.05, 0) is 6.07 Å². The van der Waals surface area contributed by atoms with Gasteiger partial charge in [0.2, 0.25) is 0 Å². The summed E-state index contributed by atoms with van der Waals surface area (Å²) in [6.45, 7) is 0.270. The lowest BCUT2D eigenvalue weighted by molar-refractivity contribution is 0.0687. The summed E-state index contributed by atoms with van der Waals surface area (Å²) in [5.74, 6) is -1.08. The van der Waals surface area contributed by atoms with E-state index in [1.807, 2.05) is 0 Å². The van der Waals surface area contributed by atoms with E-state index in [9.17, 15) is 4.79 Å². The maximum Gasteiger partial charge on any atom is 0.354 e. The lowest BCUT2D eigenvalue weighted by Gasteiger charge is -2.12. The van der Waals surface area contributed by atoms with Gasteiger partial charge in [0, 0.05) is 18.9 Å². The molecule has 0 bridgehead atoms. The summed E-state index contributed by atoms with van der Waals surface area (Å²) in [4.78, 5) is 14.5. The minimum Gasteiger partial charge on any atom is -0.477 e. The first-order valence-corrected chi connectivity index (χ1v) is 4.09. The second-order valence-electron chi connectivity index (χ2n) is 2.81. The molecular weight excluding hydrogens is 184 g/mol. The van der Waals surface area contributed by atoms with E-state index in [2.05, 4.69) is 4.98 Å². The Morgan fingerprint density at radius 3 is 3.07 bits per heavy atom. The molecule has 0 fully saturated rings. The molecule has 0 aliphatic rings. The van der Waals surface area contributed by atoms with Crippen molar-refractivity contribution < 1.29 is 14.6 Å². The number of pyridine rings is 1. The summed E-state index contributed by atoms with van der Waals surface area (Å²) >= 11 is 0. The molecule has 0 aliphatic carbocycles.